The predicted molar refractivity (Wildman–Crippen MR) is 88.2 cm³/mol. The minimum Gasteiger partial charge on any atom is -0.506 e. The highest BCUT2D eigenvalue weighted by Gasteiger charge is 2.13. The number of carbonyl (C=O) groups excluding carboxylic acids is 1. The molecule has 0 aliphatic heterocycles. The van der Waals surface area contributed by atoms with Crippen LogP contribution in [0, 0.1) is 13.8 Å². The maximum atomic E-state index is 12.3. The summed E-state index contributed by atoms with van der Waals surface area (Å²) in [6.07, 6.45) is 0.267. The molecule has 4 heteroatoms. The molecule has 0 unspecified atom stereocenters. The zero-order valence-electron chi connectivity index (χ0n) is 12.6. The molecule has 0 saturated heterocycles. The van der Waals surface area contributed by atoms with Gasteiger partial charge in [0.1, 0.15) is 5.75 Å². The van der Waals surface area contributed by atoms with Crippen LogP contribution >= 0.6 is 0 Å². The van der Waals surface area contributed by atoms with Gasteiger partial charge in [0.15, 0.2) is 0 Å². The van der Waals surface area contributed by atoms with Gasteiger partial charge in [-0.25, -0.2) is 0 Å². The molecule has 0 fully saturated rings. The molecule has 3 N–H and O–H groups in total. The first-order valence-corrected chi connectivity index (χ1v) is 7.20. The zero-order chi connectivity index (χ0) is 15.7. The Morgan fingerprint density at radius 2 is 1.95 bits per heavy atom. The second-order valence-electron chi connectivity index (χ2n) is 5.52. The highest BCUT2D eigenvalue weighted by atomic mass is 16.3. The van der Waals surface area contributed by atoms with E-state index in [1.54, 1.807) is 12.1 Å². The summed E-state index contributed by atoms with van der Waals surface area (Å²) in [7, 11) is 0. The number of aryl methyl sites for hydroxylation is 2. The Kier molecular flexibility index (Phi) is 3.59. The standard InChI is InChI=1S/C18H18N2O2/c1-11-7-8-16(17(21)9-11)20-18(22)10-14-12(2)19-15-6-4-3-5-13(14)15/h3-9,19,21H,10H2,1-2H3,(H,20,22). The van der Waals surface area contributed by atoms with Crippen LogP contribution in [0.1, 0.15) is 16.8 Å². The van der Waals surface area contributed by atoms with Gasteiger partial charge in [0, 0.05) is 16.6 Å². The monoisotopic (exact) mass is 294 g/mol. The summed E-state index contributed by atoms with van der Waals surface area (Å²) < 4.78 is 0. The molecule has 2 aromatic carbocycles. The molecule has 1 aromatic heterocycles. The second-order valence-corrected chi connectivity index (χ2v) is 5.52. The van der Waals surface area contributed by atoms with Crippen molar-refractivity contribution in [2.75, 3.05) is 5.32 Å². The fourth-order valence-corrected chi connectivity index (χ4v) is 2.66. The third kappa shape index (κ3) is 2.68. The van der Waals surface area contributed by atoms with E-state index in [1.165, 1.54) is 0 Å². The van der Waals surface area contributed by atoms with Gasteiger partial charge in [-0.15, -0.1) is 0 Å². The summed E-state index contributed by atoms with van der Waals surface area (Å²) in [5, 5.41) is 13.7. The Morgan fingerprint density at radius 3 is 2.73 bits per heavy atom. The minimum absolute atomic E-state index is 0.0870. The topological polar surface area (TPSA) is 65.1 Å². The molecular formula is C18H18N2O2. The Balaban J connectivity index is 1.83. The third-order valence-corrected chi connectivity index (χ3v) is 3.79. The van der Waals surface area contributed by atoms with E-state index in [4.69, 9.17) is 0 Å². The lowest BCUT2D eigenvalue weighted by molar-refractivity contribution is -0.115. The van der Waals surface area contributed by atoms with Crippen molar-refractivity contribution >= 4 is 22.5 Å². The largest absolute Gasteiger partial charge is 0.506 e. The average molecular weight is 294 g/mol. The fourth-order valence-electron chi connectivity index (χ4n) is 2.66. The summed E-state index contributed by atoms with van der Waals surface area (Å²) in [5.41, 5.74) is 4.39. The maximum absolute atomic E-state index is 12.3. The van der Waals surface area contributed by atoms with Gasteiger partial charge in [-0.05, 0) is 43.2 Å². The molecule has 3 aromatic rings. The smallest absolute Gasteiger partial charge is 0.228 e. The molecule has 1 heterocycles. The number of rotatable bonds is 3. The summed E-state index contributed by atoms with van der Waals surface area (Å²) in [6, 6.07) is 13.1. The number of aromatic amines is 1. The number of anilines is 1. The quantitative estimate of drug-likeness (QED) is 0.645. The van der Waals surface area contributed by atoms with Crippen molar-refractivity contribution in [1.29, 1.82) is 0 Å². The van der Waals surface area contributed by atoms with E-state index >= 15 is 0 Å². The molecule has 3 rings (SSSR count). The number of carbonyl (C=O) groups is 1. The van der Waals surface area contributed by atoms with Crippen molar-refractivity contribution in [2.45, 2.75) is 20.3 Å². The SMILES string of the molecule is Cc1ccc(NC(=O)Cc2c(C)[nH]c3ccccc23)c(O)c1. The van der Waals surface area contributed by atoms with Gasteiger partial charge in [0.2, 0.25) is 5.91 Å². The number of para-hydroxylation sites is 1. The highest BCUT2D eigenvalue weighted by molar-refractivity contribution is 5.97. The molecule has 1 amide bonds. The van der Waals surface area contributed by atoms with Crippen LogP contribution in [0.5, 0.6) is 5.75 Å². The van der Waals surface area contributed by atoms with Gasteiger partial charge in [-0.1, -0.05) is 24.3 Å². The molecule has 4 nitrogen and oxygen atoms in total. The molecule has 112 valence electrons. The summed E-state index contributed by atoms with van der Waals surface area (Å²) in [4.78, 5) is 15.6. The van der Waals surface area contributed by atoms with E-state index in [2.05, 4.69) is 10.3 Å². The number of nitrogens with one attached hydrogen (secondary N) is 2. The van der Waals surface area contributed by atoms with Crippen molar-refractivity contribution in [3.05, 3.63) is 59.3 Å². The van der Waals surface area contributed by atoms with Crippen LogP contribution in [-0.2, 0) is 11.2 Å². The van der Waals surface area contributed by atoms with E-state index in [0.717, 1.165) is 27.7 Å². The number of phenolic OH excluding ortho intramolecular Hbond substituents is 1. The van der Waals surface area contributed by atoms with Crippen LogP contribution in [0.25, 0.3) is 10.9 Å². The van der Waals surface area contributed by atoms with Crippen molar-refractivity contribution in [2.24, 2.45) is 0 Å². The van der Waals surface area contributed by atoms with Crippen molar-refractivity contribution < 1.29 is 9.90 Å². The number of fused-ring (bicyclic) bond motifs is 1. The van der Waals surface area contributed by atoms with Crippen molar-refractivity contribution in [3.63, 3.8) is 0 Å². The molecule has 0 atom stereocenters. The molecule has 0 aliphatic rings. The summed E-state index contributed by atoms with van der Waals surface area (Å²) >= 11 is 0. The van der Waals surface area contributed by atoms with Gasteiger partial charge in [-0.2, -0.15) is 0 Å². The Morgan fingerprint density at radius 1 is 1.18 bits per heavy atom. The highest BCUT2D eigenvalue weighted by Crippen LogP contribution is 2.26. The lowest BCUT2D eigenvalue weighted by Gasteiger charge is -2.08. The van der Waals surface area contributed by atoms with E-state index in [1.807, 2.05) is 44.2 Å². The van der Waals surface area contributed by atoms with E-state index in [-0.39, 0.29) is 18.1 Å². The Labute approximate surface area is 128 Å². The first kappa shape index (κ1) is 14.2. The van der Waals surface area contributed by atoms with Gasteiger partial charge in [0.25, 0.3) is 0 Å². The summed E-state index contributed by atoms with van der Waals surface area (Å²) in [6.45, 7) is 3.85. The van der Waals surface area contributed by atoms with Crippen LogP contribution in [0.2, 0.25) is 0 Å². The van der Waals surface area contributed by atoms with E-state index < -0.39 is 0 Å². The third-order valence-electron chi connectivity index (χ3n) is 3.79. The lowest BCUT2D eigenvalue weighted by atomic mass is 10.1. The average Bonchev–Trinajstić information content (AvgIpc) is 2.78. The number of aromatic hydroxyl groups is 1. The second kappa shape index (κ2) is 5.56. The van der Waals surface area contributed by atoms with Crippen LogP contribution in [0.15, 0.2) is 42.5 Å². The van der Waals surface area contributed by atoms with Gasteiger partial charge in [0.05, 0.1) is 12.1 Å². The van der Waals surface area contributed by atoms with Gasteiger partial charge < -0.3 is 15.4 Å². The zero-order valence-corrected chi connectivity index (χ0v) is 12.6. The fraction of sp³-hybridized carbons (Fsp3) is 0.167. The Bertz CT molecular complexity index is 849. The van der Waals surface area contributed by atoms with Crippen LogP contribution in [0.3, 0.4) is 0 Å². The molecule has 0 aliphatic carbocycles. The Hall–Kier alpha value is -2.75. The van der Waals surface area contributed by atoms with E-state index in [9.17, 15) is 9.90 Å². The normalized spacial score (nSPS) is 10.8. The molecule has 0 bridgehead atoms. The number of aromatic nitrogens is 1. The lowest BCUT2D eigenvalue weighted by Crippen LogP contribution is -2.14. The van der Waals surface area contributed by atoms with E-state index in [0.29, 0.717) is 5.69 Å². The predicted octanol–water partition coefficient (Wildman–Crippen LogP) is 3.67. The molecule has 0 saturated carbocycles. The van der Waals surface area contributed by atoms with Crippen molar-refractivity contribution in [3.8, 4) is 5.75 Å². The van der Waals surface area contributed by atoms with Crippen LogP contribution in [0.4, 0.5) is 5.69 Å². The first-order valence-electron chi connectivity index (χ1n) is 7.20. The number of H-pyrrole nitrogens is 1. The van der Waals surface area contributed by atoms with Gasteiger partial charge >= 0.3 is 0 Å². The minimum atomic E-state index is -0.146. The van der Waals surface area contributed by atoms with Crippen LogP contribution in [-0.4, -0.2) is 16.0 Å². The molecule has 0 radical (unpaired) electrons. The molecular weight excluding hydrogens is 276 g/mol. The molecule has 0 spiro atoms. The number of benzene rings is 2. The summed E-state index contributed by atoms with van der Waals surface area (Å²) in [5.74, 6) is -0.0593. The van der Waals surface area contributed by atoms with Gasteiger partial charge in [-0.3, -0.25) is 4.79 Å². The number of amides is 1. The van der Waals surface area contributed by atoms with Crippen LogP contribution < -0.4 is 5.32 Å². The van der Waals surface area contributed by atoms with Crippen molar-refractivity contribution in [1.82, 2.24) is 4.98 Å². The number of phenols is 1. The number of hydrogen-bond acceptors (Lipinski definition) is 2. The maximum Gasteiger partial charge on any atom is 0.228 e. The molecule has 22 heavy (non-hydrogen) atoms. The number of hydrogen-bond donors (Lipinski definition) is 3. The first-order chi connectivity index (χ1) is 10.5.